The van der Waals surface area contributed by atoms with Crippen molar-refractivity contribution in [3.8, 4) is 0 Å². The minimum Gasteiger partial charge on any atom is -1.00 e. The zero-order chi connectivity index (χ0) is 0. The van der Waals surface area contributed by atoms with Gasteiger partial charge in [-0.05, 0) is 0 Å². The van der Waals surface area contributed by atoms with E-state index in [4.69, 9.17) is 0 Å². The first kappa shape index (κ1) is 731. The Morgan fingerprint density at radius 2 is 0.300 bits per heavy atom. The third kappa shape index (κ3) is 390. The van der Waals surface area contributed by atoms with Gasteiger partial charge in [0.2, 0.25) is 0 Å². The molecule has 74 valence electrons. The Morgan fingerprint density at radius 3 is 0.300 bits per heavy atom. The topological polar surface area (TPSA) is 284 Å². The second-order valence-electron chi connectivity index (χ2n) is 0. The summed E-state index contributed by atoms with van der Waals surface area (Å²) in [6.45, 7) is 0. The van der Waals surface area contributed by atoms with Gasteiger partial charge in [0.25, 0.3) is 0 Å². The normalized spacial score (nSPS) is 0. The Morgan fingerprint density at radius 1 is 0.300 bits per heavy atom. The van der Waals surface area contributed by atoms with Gasteiger partial charge in [0.05, 0.1) is 0 Å². The van der Waals surface area contributed by atoms with Gasteiger partial charge in [-0.2, -0.15) is 0 Å². The van der Waals surface area contributed by atoms with Gasteiger partial charge in [0.1, 0.15) is 0 Å². The van der Waals surface area contributed by atoms with Crippen LogP contribution in [0.3, 0.4) is 0 Å². The van der Waals surface area contributed by atoms with Crippen LogP contribution in [0.2, 0.25) is 0 Å². The van der Waals surface area contributed by atoms with Crippen LogP contribution in [0.4, 0.5) is 0 Å². The van der Waals surface area contributed by atoms with E-state index < -0.39 is 0 Å². The van der Waals surface area contributed by atoms with Crippen LogP contribution in [0.5, 0.6) is 0 Å². The summed E-state index contributed by atoms with van der Waals surface area (Å²) in [6.07, 6.45) is 0. The summed E-state index contributed by atoms with van der Waals surface area (Å²) in [5, 5.41) is 0. The zero-order valence-corrected chi connectivity index (χ0v) is 8.62. The molecule has 0 amide bonds. The number of rotatable bonds is 0. The fourth-order valence-corrected chi connectivity index (χ4v) is 0. The molecule has 0 aliphatic rings. The van der Waals surface area contributed by atoms with Gasteiger partial charge in [-0.3, -0.25) is 0 Å². The first-order valence-corrected chi connectivity index (χ1v) is 0. The average Bonchev–Trinajstić information content (AvgIpc) is 0. The fourth-order valence-electron chi connectivity index (χ4n) is 0. The van der Waals surface area contributed by atoms with Crippen molar-refractivity contribution in [3.05, 3.63) is 0 Å². The molecule has 0 aromatic carbocycles. The van der Waals surface area contributed by atoms with Crippen molar-refractivity contribution in [2.75, 3.05) is 0 Å². The number of hydrogen-bond acceptors (Lipinski definition) is 0. The molecule has 0 rings (SSSR count). The molecule has 0 aliphatic carbocycles. The maximum atomic E-state index is 0. The largest absolute Gasteiger partial charge is 1.00 e. The van der Waals surface area contributed by atoms with Crippen LogP contribution in [0.15, 0.2) is 0 Å². The van der Waals surface area contributed by atoms with Gasteiger partial charge in [0.15, 0.2) is 0 Å². The van der Waals surface area contributed by atoms with Gasteiger partial charge in [-0.1, -0.05) is 0 Å². The average molecular weight is 202 g/mol. The van der Waals surface area contributed by atoms with Crippen LogP contribution < -0.4 is 51.4 Å². The summed E-state index contributed by atoms with van der Waals surface area (Å²) < 4.78 is 0. The Bertz CT molecular complexity index is 9.52. The van der Waals surface area contributed by atoms with Crippen molar-refractivity contribution in [2.24, 2.45) is 0 Å². The van der Waals surface area contributed by atoms with E-state index in [1.165, 1.54) is 0 Å². The molecule has 0 aromatic heterocycles. The SMILES string of the molecule is O.O.O.O.O.O.O.O.O.[H-].[K+]. The molecule has 0 radical (unpaired) electrons. The molecule has 0 aliphatic heterocycles. The summed E-state index contributed by atoms with van der Waals surface area (Å²) in [6, 6.07) is 0. The Balaban J connectivity index is 0. The second-order valence-corrected chi connectivity index (χ2v) is 0. The molecule has 10 heteroatoms. The Labute approximate surface area is 101 Å². The molecule has 0 heterocycles. The van der Waals surface area contributed by atoms with Gasteiger partial charge < -0.3 is 50.7 Å². The molecule has 0 spiro atoms. The second kappa shape index (κ2) is 543. The third-order valence-electron chi connectivity index (χ3n) is 0. The summed E-state index contributed by atoms with van der Waals surface area (Å²) in [5.41, 5.74) is 0. The fraction of sp³-hybridized carbons (Fsp3) is 0. The standard InChI is InChI=1S/K.9H2O.H/h;9*1H2;/q+1;;;;;;;;;;-1. The van der Waals surface area contributed by atoms with Crippen molar-refractivity contribution in [2.45, 2.75) is 0 Å². The quantitative estimate of drug-likeness (QED) is 0.330. The van der Waals surface area contributed by atoms with Crippen molar-refractivity contribution < 1.29 is 102 Å². The molecule has 18 N–H and O–H groups in total. The first-order valence-electron chi connectivity index (χ1n) is 0. The first-order chi connectivity index (χ1) is 0. The van der Waals surface area contributed by atoms with Crippen molar-refractivity contribution >= 4 is 0 Å². The Kier molecular flexibility index (Phi) is 39700. The molecule has 0 aromatic rings. The molecular weight excluding hydrogens is 183 g/mol. The summed E-state index contributed by atoms with van der Waals surface area (Å²) in [4.78, 5) is 0. The third-order valence-corrected chi connectivity index (χ3v) is 0. The summed E-state index contributed by atoms with van der Waals surface area (Å²) in [7, 11) is 0. The van der Waals surface area contributed by atoms with E-state index in [0.717, 1.165) is 0 Å². The Hall–Kier alpha value is 1.28. The van der Waals surface area contributed by atoms with Gasteiger partial charge in [0, 0.05) is 0 Å². The minimum atomic E-state index is 0. The van der Waals surface area contributed by atoms with Crippen molar-refractivity contribution in [1.29, 1.82) is 0 Å². The van der Waals surface area contributed by atoms with Crippen molar-refractivity contribution in [1.82, 2.24) is 0 Å². The summed E-state index contributed by atoms with van der Waals surface area (Å²) >= 11 is 0. The van der Waals surface area contributed by atoms with E-state index in [9.17, 15) is 0 Å². The van der Waals surface area contributed by atoms with Crippen LogP contribution in [-0.4, -0.2) is 49.3 Å². The van der Waals surface area contributed by atoms with E-state index in [-0.39, 0.29) is 102 Å². The van der Waals surface area contributed by atoms with Crippen LogP contribution in [0.25, 0.3) is 0 Å². The monoisotopic (exact) mass is 202 g/mol. The molecule has 0 fully saturated rings. The van der Waals surface area contributed by atoms with E-state index in [2.05, 4.69) is 0 Å². The molecule has 9 nitrogen and oxygen atoms in total. The van der Waals surface area contributed by atoms with Crippen LogP contribution in [0.1, 0.15) is 1.43 Å². The molecule has 0 bridgehead atoms. The van der Waals surface area contributed by atoms with Crippen LogP contribution in [0, 0.1) is 0 Å². The van der Waals surface area contributed by atoms with Gasteiger partial charge in [-0.25, -0.2) is 0 Å². The van der Waals surface area contributed by atoms with E-state index in [0.29, 0.717) is 0 Å². The molecule has 10 heavy (non-hydrogen) atoms. The van der Waals surface area contributed by atoms with E-state index >= 15 is 0 Å². The molecule has 0 saturated carbocycles. The minimum absolute atomic E-state index is 0. The predicted octanol–water partition coefficient (Wildman–Crippen LogP) is -10.3. The summed E-state index contributed by atoms with van der Waals surface area (Å²) in [5.74, 6) is 0. The molecule has 0 saturated heterocycles. The maximum Gasteiger partial charge on any atom is 1.00 e. The number of hydrogen-bond donors (Lipinski definition) is 0. The van der Waals surface area contributed by atoms with Crippen LogP contribution in [-0.2, 0) is 0 Å². The maximum absolute atomic E-state index is 0. The molecule has 0 atom stereocenters. The van der Waals surface area contributed by atoms with Crippen LogP contribution >= 0.6 is 0 Å². The molecular formula is H19KO9. The zero-order valence-electron chi connectivity index (χ0n) is 6.50. The van der Waals surface area contributed by atoms with Gasteiger partial charge in [-0.15, -0.1) is 0 Å². The smallest absolute Gasteiger partial charge is 1.00 e. The molecule has 0 unspecified atom stereocenters. The predicted molar refractivity (Wildman–Crippen MR) is 33.6 cm³/mol. The van der Waals surface area contributed by atoms with Crippen molar-refractivity contribution in [3.63, 3.8) is 0 Å². The van der Waals surface area contributed by atoms with E-state index in [1.54, 1.807) is 0 Å². The van der Waals surface area contributed by atoms with Gasteiger partial charge >= 0.3 is 51.4 Å². The van der Waals surface area contributed by atoms with E-state index in [1.807, 2.05) is 0 Å².